The standard InChI is InChI=1S/C9H6BrN3O2/c10-6-4-11-9(12-5-6)13-8(14)7-2-1-3-15-7/h1-5H,(H,11,12,13,14). The molecule has 0 saturated heterocycles. The van der Waals surface area contributed by atoms with Crippen molar-refractivity contribution in [2.45, 2.75) is 0 Å². The fourth-order valence-electron chi connectivity index (χ4n) is 0.948. The molecule has 0 unspecified atom stereocenters. The molecule has 2 rings (SSSR count). The topological polar surface area (TPSA) is 68.0 Å². The lowest BCUT2D eigenvalue weighted by molar-refractivity contribution is 0.0996. The van der Waals surface area contributed by atoms with Gasteiger partial charge in [-0.15, -0.1) is 0 Å². The summed E-state index contributed by atoms with van der Waals surface area (Å²) >= 11 is 3.19. The van der Waals surface area contributed by atoms with Crippen molar-refractivity contribution in [3.8, 4) is 0 Å². The van der Waals surface area contributed by atoms with Gasteiger partial charge in [0.1, 0.15) is 0 Å². The molecule has 0 aliphatic carbocycles. The van der Waals surface area contributed by atoms with Crippen molar-refractivity contribution in [1.82, 2.24) is 9.97 Å². The molecular weight excluding hydrogens is 262 g/mol. The third kappa shape index (κ3) is 2.41. The highest BCUT2D eigenvalue weighted by Crippen LogP contribution is 2.08. The summed E-state index contributed by atoms with van der Waals surface area (Å²) in [5.74, 6) is 0.0865. The summed E-state index contributed by atoms with van der Waals surface area (Å²) in [4.78, 5) is 19.3. The second kappa shape index (κ2) is 4.22. The first kappa shape index (κ1) is 9.85. The number of anilines is 1. The number of aromatic nitrogens is 2. The molecule has 0 aromatic carbocycles. The number of halogens is 1. The normalized spacial score (nSPS) is 9.93. The van der Waals surface area contributed by atoms with Crippen LogP contribution in [0.2, 0.25) is 0 Å². The van der Waals surface area contributed by atoms with E-state index in [4.69, 9.17) is 4.42 Å². The second-order valence-corrected chi connectivity index (χ2v) is 3.57. The van der Waals surface area contributed by atoms with Crippen LogP contribution in [-0.2, 0) is 0 Å². The first-order valence-corrected chi connectivity index (χ1v) is 4.87. The van der Waals surface area contributed by atoms with Crippen LogP contribution in [0.1, 0.15) is 10.6 Å². The number of nitrogens with one attached hydrogen (secondary N) is 1. The lowest BCUT2D eigenvalue weighted by Crippen LogP contribution is -2.13. The zero-order valence-corrected chi connectivity index (χ0v) is 9.06. The summed E-state index contributed by atoms with van der Waals surface area (Å²) in [7, 11) is 0. The van der Waals surface area contributed by atoms with Gasteiger partial charge in [-0.1, -0.05) is 0 Å². The number of nitrogens with zero attached hydrogens (tertiary/aromatic N) is 2. The van der Waals surface area contributed by atoms with Gasteiger partial charge in [-0.3, -0.25) is 10.1 Å². The van der Waals surface area contributed by atoms with E-state index < -0.39 is 0 Å². The smallest absolute Gasteiger partial charge is 0.293 e. The summed E-state index contributed by atoms with van der Waals surface area (Å²) in [5.41, 5.74) is 0. The molecular formula is C9H6BrN3O2. The Morgan fingerprint density at radius 3 is 2.73 bits per heavy atom. The Balaban J connectivity index is 2.09. The number of furan rings is 1. The van der Waals surface area contributed by atoms with Crippen molar-refractivity contribution in [1.29, 1.82) is 0 Å². The van der Waals surface area contributed by atoms with Crippen molar-refractivity contribution in [3.63, 3.8) is 0 Å². The van der Waals surface area contributed by atoms with Crippen LogP contribution in [0.4, 0.5) is 5.95 Å². The van der Waals surface area contributed by atoms with Gasteiger partial charge in [0.25, 0.3) is 5.91 Å². The highest BCUT2D eigenvalue weighted by atomic mass is 79.9. The van der Waals surface area contributed by atoms with Crippen LogP contribution in [0.3, 0.4) is 0 Å². The maximum atomic E-state index is 11.5. The molecule has 2 aromatic heterocycles. The lowest BCUT2D eigenvalue weighted by atomic mass is 10.4. The molecule has 1 N–H and O–H groups in total. The Hall–Kier alpha value is -1.69. The molecule has 6 heteroatoms. The Labute approximate surface area is 93.7 Å². The second-order valence-electron chi connectivity index (χ2n) is 2.66. The Kier molecular flexibility index (Phi) is 2.77. The number of amides is 1. The number of hydrogen-bond donors (Lipinski definition) is 1. The van der Waals surface area contributed by atoms with Crippen LogP contribution in [0.25, 0.3) is 0 Å². The van der Waals surface area contributed by atoms with E-state index in [0.29, 0.717) is 0 Å². The molecule has 0 atom stereocenters. The molecule has 1 amide bonds. The SMILES string of the molecule is O=C(Nc1ncc(Br)cn1)c1ccco1. The fourth-order valence-corrected chi connectivity index (χ4v) is 1.15. The molecule has 0 saturated carbocycles. The molecule has 0 bridgehead atoms. The molecule has 0 aliphatic heterocycles. The van der Waals surface area contributed by atoms with Gasteiger partial charge in [0, 0.05) is 12.4 Å². The minimum atomic E-state index is -0.373. The Morgan fingerprint density at radius 1 is 1.40 bits per heavy atom. The first-order valence-electron chi connectivity index (χ1n) is 4.08. The Bertz CT molecular complexity index is 453. The molecule has 0 fully saturated rings. The van der Waals surface area contributed by atoms with E-state index >= 15 is 0 Å². The van der Waals surface area contributed by atoms with E-state index in [1.807, 2.05) is 0 Å². The lowest BCUT2D eigenvalue weighted by Gasteiger charge is -1.99. The largest absolute Gasteiger partial charge is 0.459 e. The van der Waals surface area contributed by atoms with Crippen LogP contribution in [-0.4, -0.2) is 15.9 Å². The van der Waals surface area contributed by atoms with E-state index in [1.165, 1.54) is 6.26 Å². The molecule has 2 aromatic rings. The van der Waals surface area contributed by atoms with E-state index in [2.05, 4.69) is 31.2 Å². The zero-order chi connectivity index (χ0) is 10.7. The third-order valence-electron chi connectivity index (χ3n) is 1.59. The summed E-state index contributed by atoms with van der Waals surface area (Å²) in [6.07, 6.45) is 4.52. The van der Waals surface area contributed by atoms with Gasteiger partial charge in [0.15, 0.2) is 5.76 Å². The van der Waals surface area contributed by atoms with Crippen LogP contribution in [0, 0.1) is 0 Å². The average Bonchev–Trinajstić information content (AvgIpc) is 2.74. The number of hydrogen-bond acceptors (Lipinski definition) is 4. The van der Waals surface area contributed by atoms with Gasteiger partial charge >= 0.3 is 0 Å². The van der Waals surface area contributed by atoms with Gasteiger partial charge < -0.3 is 4.42 Å². The van der Waals surface area contributed by atoms with E-state index in [-0.39, 0.29) is 17.6 Å². The van der Waals surface area contributed by atoms with Gasteiger partial charge in [-0.2, -0.15) is 0 Å². The number of carbonyl (C=O) groups excluding carboxylic acids is 1. The maximum Gasteiger partial charge on any atom is 0.293 e. The highest BCUT2D eigenvalue weighted by Gasteiger charge is 2.09. The van der Waals surface area contributed by atoms with Gasteiger partial charge in [0.2, 0.25) is 5.95 Å². The monoisotopic (exact) mass is 267 g/mol. The van der Waals surface area contributed by atoms with Crippen molar-refractivity contribution >= 4 is 27.8 Å². The van der Waals surface area contributed by atoms with E-state index in [1.54, 1.807) is 24.5 Å². The van der Waals surface area contributed by atoms with Crippen LogP contribution in [0.5, 0.6) is 0 Å². The van der Waals surface area contributed by atoms with E-state index in [0.717, 1.165) is 4.47 Å². The van der Waals surface area contributed by atoms with Crippen molar-refractivity contribution in [3.05, 3.63) is 41.0 Å². The summed E-state index contributed by atoms with van der Waals surface area (Å²) in [5, 5.41) is 2.50. The quantitative estimate of drug-likeness (QED) is 0.905. The Morgan fingerprint density at radius 2 is 2.13 bits per heavy atom. The predicted octanol–water partition coefficient (Wildman–Crippen LogP) is 2.08. The van der Waals surface area contributed by atoms with Gasteiger partial charge in [-0.05, 0) is 28.1 Å². The number of carbonyl (C=O) groups is 1. The van der Waals surface area contributed by atoms with Crippen molar-refractivity contribution in [2.24, 2.45) is 0 Å². The minimum Gasteiger partial charge on any atom is -0.459 e. The highest BCUT2D eigenvalue weighted by molar-refractivity contribution is 9.10. The molecule has 0 aliphatic rings. The molecule has 15 heavy (non-hydrogen) atoms. The van der Waals surface area contributed by atoms with Crippen LogP contribution in [0.15, 0.2) is 39.7 Å². The molecule has 0 spiro atoms. The summed E-state index contributed by atoms with van der Waals surface area (Å²) in [6.45, 7) is 0. The number of rotatable bonds is 2. The molecule has 76 valence electrons. The third-order valence-corrected chi connectivity index (χ3v) is 2.00. The minimum absolute atomic E-state index is 0.224. The molecule has 0 radical (unpaired) electrons. The van der Waals surface area contributed by atoms with Gasteiger partial charge in [0.05, 0.1) is 10.7 Å². The fraction of sp³-hybridized carbons (Fsp3) is 0. The van der Waals surface area contributed by atoms with Crippen molar-refractivity contribution in [2.75, 3.05) is 5.32 Å². The average molecular weight is 268 g/mol. The predicted molar refractivity (Wildman–Crippen MR) is 56.4 cm³/mol. The van der Waals surface area contributed by atoms with Crippen molar-refractivity contribution < 1.29 is 9.21 Å². The first-order chi connectivity index (χ1) is 7.25. The van der Waals surface area contributed by atoms with Gasteiger partial charge in [-0.25, -0.2) is 9.97 Å². The zero-order valence-electron chi connectivity index (χ0n) is 7.48. The van der Waals surface area contributed by atoms with Crippen LogP contribution < -0.4 is 5.32 Å². The summed E-state index contributed by atoms with van der Waals surface area (Å²) in [6, 6.07) is 3.20. The summed E-state index contributed by atoms with van der Waals surface area (Å²) < 4.78 is 5.66. The maximum absolute atomic E-state index is 11.5. The molecule has 2 heterocycles. The molecule has 5 nitrogen and oxygen atoms in total. The van der Waals surface area contributed by atoms with E-state index in [9.17, 15) is 4.79 Å². The van der Waals surface area contributed by atoms with Crippen LogP contribution >= 0.6 is 15.9 Å².